The normalized spacial score (nSPS) is 13.0. The molecule has 0 unspecified atom stereocenters. The monoisotopic (exact) mass is 487 g/mol. The first-order chi connectivity index (χ1) is 17.2. The second-order valence-electron chi connectivity index (χ2n) is 13.7. The molecule has 0 radical (unpaired) electrons. The van der Waals surface area contributed by atoms with Crippen molar-refractivity contribution in [1.82, 2.24) is 4.98 Å². The largest absolute Gasteiger partial charge is 0.354 e. The lowest BCUT2D eigenvalue weighted by molar-refractivity contribution is 0.590. The van der Waals surface area contributed by atoms with Crippen molar-refractivity contribution in [3.8, 4) is 22.4 Å². The van der Waals surface area contributed by atoms with E-state index < -0.39 is 0 Å². The molecule has 4 aromatic carbocycles. The molecular formula is C36H41N. The average molecular weight is 488 g/mol. The third-order valence-electron chi connectivity index (χ3n) is 7.72. The lowest BCUT2D eigenvalue weighted by atomic mass is 9.84. The number of hydrogen-bond acceptors (Lipinski definition) is 0. The van der Waals surface area contributed by atoms with Crippen molar-refractivity contribution in [3.63, 3.8) is 0 Å². The molecule has 1 nitrogen and oxygen atoms in total. The number of aromatic amines is 1. The van der Waals surface area contributed by atoms with Gasteiger partial charge in [0.25, 0.3) is 0 Å². The first-order valence-electron chi connectivity index (χ1n) is 13.5. The molecule has 0 spiro atoms. The van der Waals surface area contributed by atoms with Crippen molar-refractivity contribution in [2.75, 3.05) is 0 Å². The number of fused-ring (bicyclic) bond motifs is 3. The standard InChI is InChI=1S/C36H41N/c1-34(2,3)26-15-10-23(11-16-26)31-32-29-20-19-28(36(7,8)9)22-25(29)14-21-30(32)37-33(31)24-12-17-27(18-13-24)35(4,5)6/h10-22,37H,1-9H3. The van der Waals surface area contributed by atoms with E-state index in [1.165, 1.54) is 60.8 Å². The summed E-state index contributed by atoms with van der Waals surface area (Å²) in [5.74, 6) is 0. The van der Waals surface area contributed by atoms with Gasteiger partial charge in [0.15, 0.2) is 0 Å². The van der Waals surface area contributed by atoms with Gasteiger partial charge >= 0.3 is 0 Å². The Bertz CT molecular complexity index is 1570. The number of nitrogens with one attached hydrogen (secondary N) is 1. The average Bonchev–Trinajstić information content (AvgIpc) is 3.22. The fourth-order valence-corrected chi connectivity index (χ4v) is 5.27. The Labute approximate surface area is 222 Å². The molecule has 1 N–H and O–H groups in total. The van der Waals surface area contributed by atoms with E-state index in [1.807, 2.05) is 0 Å². The van der Waals surface area contributed by atoms with Crippen LogP contribution in [0.4, 0.5) is 0 Å². The van der Waals surface area contributed by atoms with Crippen LogP contribution in [0.5, 0.6) is 0 Å². The SMILES string of the molecule is CC(C)(C)c1ccc(-c2[nH]c3ccc4cc(C(C)(C)C)ccc4c3c2-c2ccc(C(C)(C)C)cc2)cc1. The van der Waals surface area contributed by atoms with Gasteiger partial charge in [0.05, 0.1) is 5.69 Å². The smallest absolute Gasteiger partial charge is 0.0544 e. The Hall–Kier alpha value is -3.32. The molecule has 37 heavy (non-hydrogen) atoms. The third kappa shape index (κ3) is 4.73. The zero-order valence-corrected chi connectivity index (χ0v) is 24.0. The summed E-state index contributed by atoms with van der Waals surface area (Å²) in [6.07, 6.45) is 0. The van der Waals surface area contributed by atoms with Gasteiger partial charge < -0.3 is 4.98 Å². The molecular weight excluding hydrogens is 446 g/mol. The minimum Gasteiger partial charge on any atom is -0.354 e. The van der Waals surface area contributed by atoms with E-state index in [9.17, 15) is 0 Å². The van der Waals surface area contributed by atoms with Crippen LogP contribution in [0.3, 0.4) is 0 Å². The lowest BCUT2D eigenvalue weighted by Gasteiger charge is -2.20. The first kappa shape index (κ1) is 25.3. The molecule has 0 aliphatic heterocycles. The number of rotatable bonds is 2. The summed E-state index contributed by atoms with van der Waals surface area (Å²) < 4.78 is 0. The zero-order valence-electron chi connectivity index (χ0n) is 24.0. The summed E-state index contributed by atoms with van der Waals surface area (Å²) in [6.45, 7) is 20.5. The first-order valence-corrected chi connectivity index (χ1v) is 13.5. The van der Waals surface area contributed by atoms with Crippen molar-refractivity contribution in [1.29, 1.82) is 0 Å². The van der Waals surface area contributed by atoms with Crippen molar-refractivity contribution in [3.05, 3.63) is 95.6 Å². The Morgan fingerprint density at radius 2 is 0.973 bits per heavy atom. The number of H-pyrrole nitrogens is 1. The molecule has 0 saturated carbocycles. The number of benzene rings is 4. The minimum absolute atomic E-state index is 0.118. The molecule has 1 heteroatoms. The molecule has 5 rings (SSSR count). The van der Waals surface area contributed by atoms with E-state index in [0.29, 0.717) is 0 Å². The molecule has 0 aliphatic carbocycles. The summed E-state index contributed by atoms with van der Waals surface area (Å²) >= 11 is 0. The van der Waals surface area contributed by atoms with Gasteiger partial charge in [-0.2, -0.15) is 0 Å². The highest BCUT2D eigenvalue weighted by Crippen LogP contribution is 2.43. The van der Waals surface area contributed by atoms with Crippen molar-refractivity contribution >= 4 is 21.7 Å². The van der Waals surface area contributed by atoms with Gasteiger partial charge in [0, 0.05) is 16.5 Å². The topological polar surface area (TPSA) is 15.8 Å². The van der Waals surface area contributed by atoms with E-state index in [1.54, 1.807) is 0 Å². The Kier molecular flexibility index (Phi) is 5.90. The highest BCUT2D eigenvalue weighted by molar-refractivity contribution is 6.17. The Morgan fingerprint density at radius 1 is 0.486 bits per heavy atom. The highest BCUT2D eigenvalue weighted by atomic mass is 14.7. The molecule has 0 fully saturated rings. The van der Waals surface area contributed by atoms with Crippen LogP contribution in [0.1, 0.15) is 79.0 Å². The maximum atomic E-state index is 3.82. The van der Waals surface area contributed by atoms with Crippen LogP contribution >= 0.6 is 0 Å². The molecule has 0 amide bonds. The third-order valence-corrected chi connectivity index (χ3v) is 7.72. The van der Waals surface area contributed by atoms with E-state index in [0.717, 1.165) is 0 Å². The van der Waals surface area contributed by atoms with E-state index in [4.69, 9.17) is 0 Å². The van der Waals surface area contributed by atoms with Crippen LogP contribution in [0.15, 0.2) is 78.9 Å². The van der Waals surface area contributed by atoms with Crippen LogP contribution in [0, 0.1) is 0 Å². The molecule has 0 saturated heterocycles. The molecule has 1 aromatic heterocycles. The van der Waals surface area contributed by atoms with Crippen molar-refractivity contribution in [2.45, 2.75) is 78.6 Å². The molecule has 0 atom stereocenters. The Morgan fingerprint density at radius 3 is 1.49 bits per heavy atom. The fraction of sp³-hybridized carbons (Fsp3) is 0.333. The van der Waals surface area contributed by atoms with Crippen LogP contribution < -0.4 is 0 Å². The lowest BCUT2D eigenvalue weighted by Crippen LogP contribution is -2.10. The zero-order chi connectivity index (χ0) is 26.8. The predicted octanol–water partition coefficient (Wildman–Crippen LogP) is 10.5. The van der Waals surface area contributed by atoms with E-state index in [2.05, 4.69) is 146 Å². The van der Waals surface area contributed by atoms with Gasteiger partial charge in [-0.05, 0) is 60.9 Å². The molecule has 5 aromatic rings. The van der Waals surface area contributed by atoms with Crippen LogP contribution in [0.2, 0.25) is 0 Å². The number of aromatic nitrogens is 1. The maximum Gasteiger partial charge on any atom is 0.0544 e. The van der Waals surface area contributed by atoms with E-state index >= 15 is 0 Å². The van der Waals surface area contributed by atoms with Gasteiger partial charge in [-0.25, -0.2) is 0 Å². The van der Waals surface area contributed by atoms with Crippen molar-refractivity contribution in [2.24, 2.45) is 0 Å². The molecule has 190 valence electrons. The predicted molar refractivity (Wildman–Crippen MR) is 163 cm³/mol. The maximum absolute atomic E-state index is 3.82. The van der Waals surface area contributed by atoms with Gasteiger partial charge in [-0.1, -0.05) is 135 Å². The van der Waals surface area contributed by atoms with Crippen molar-refractivity contribution < 1.29 is 0 Å². The summed E-state index contributed by atoms with van der Waals surface area (Å²) in [4.78, 5) is 3.82. The van der Waals surface area contributed by atoms with Gasteiger partial charge in [0.2, 0.25) is 0 Å². The van der Waals surface area contributed by atoms with Crippen LogP contribution in [-0.4, -0.2) is 4.98 Å². The summed E-state index contributed by atoms with van der Waals surface area (Å²) in [7, 11) is 0. The second kappa shape index (κ2) is 8.62. The molecule has 0 aliphatic rings. The molecule has 0 bridgehead atoms. The van der Waals surface area contributed by atoms with E-state index in [-0.39, 0.29) is 16.2 Å². The number of hydrogen-bond donors (Lipinski definition) is 1. The Balaban J connectivity index is 1.79. The summed E-state index contributed by atoms with van der Waals surface area (Å²) in [5.41, 5.74) is 10.6. The van der Waals surface area contributed by atoms with Gasteiger partial charge in [-0.3, -0.25) is 0 Å². The summed E-state index contributed by atoms with van der Waals surface area (Å²) in [6, 6.07) is 29.8. The molecule has 1 heterocycles. The summed E-state index contributed by atoms with van der Waals surface area (Å²) in [5, 5.41) is 3.90. The minimum atomic E-state index is 0.118. The van der Waals surface area contributed by atoms with Crippen LogP contribution in [0.25, 0.3) is 44.1 Å². The second-order valence-corrected chi connectivity index (χ2v) is 13.7. The fourth-order valence-electron chi connectivity index (χ4n) is 5.27. The quantitative estimate of drug-likeness (QED) is 0.255. The van der Waals surface area contributed by atoms with Gasteiger partial charge in [0.1, 0.15) is 0 Å². The van der Waals surface area contributed by atoms with Crippen LogP contribution in [-0.2, 0) is 16.2 Å². The highest BCUT2D eigenvalue weighted by Gasteiger charge is 2.21. The van der Waals surface area contributed by atoms with Gasteiger partial charge in [-0.15, -0.1) is 0 Å².